The minimum atomic E-state index is -4.53. The van der Waals surface area contributed by atoms with E-state index in [1.807, 2.05) is 32.0 Å². The Morgan fingerprint density at radius 3 is 2.31 bits per heavy atom. The molecule has 2 aromatic carbocycles. The van der Waals surface area contributed by atoms with Gasteiger partial charge in [0.15, 0.2) is 0 Å². The number of aryl methyl sites for hydroxylation is 2. The summed E-state index contributed by atoms with van der Waals surface area (Å²) in [7, 11) is 0. The van der Waals surface area contributed by atoms with Gasteiger partial charge in [0.1, 0.15) is 0 Å². The Labute approximate surface area is 149 Å². The highest BCUT2D eigenvalue weighted by Crippen LogP contribution is 2.34. The number of halogens is 3. The summed E-state index contributed by atoms with van der Waals surface area (Å²) in [5.41, 5.74) is 2.16. The molecule has 1 atom stereocenters. The Hall–Kier alpha value is -2.63. The first-order chi connectivity index (χ1) is 12.1. The summed E-state index contributed by atoms with van der Waals surface area (Å²) in [5, 5.41) is 0. The number of nitrogens with zero attached hydrogens (tertiary/aromatic N) is 1. The number of alkyl halides is 3. The van der Waals surface area contributed by atoms with E-state index in [0.29, 0.717) is 6.42 Å². The predicted octanol–water partition coefficient (Wildman–Crippen LogP) is 4.44. The van der Waals surface area contributed by atoms with E-state index in [4.69, 9.17) is 0 Å². The van der Waals surface area contributed by atoms with Crippen LogP contribution in [0.25, 0.3) is 0 Å². The van der Waals surface area contributed by atoms with Gasteiger partial charge >= 0.3 is 6.18 Å². The Kier molecular flexibility index (Phi) is 4.61. The van der Waals surface area contributed by atoms with Gasteiger partial charge in [-0.2, -0.15) is 13.2 Å². The van der Waals surface area contributed by atoms with Gasteiger partial charge in [0.25, 0.3) is 0 Å². The highest BCUT2D eigenvalue weighted by Gasteiger charge is 2.40. The van der Waals surface area contributed by atoms with E-state index < -0.39 is 29.5 Å². The monoisotopic (exact) mass is 361 g/mol. The van der Waals surface area contributed by atoms with Crippen molar-refractivity contribution in [2.45, 2.75) is 32.9 Å². The molecule has 1 fully saturated rings. The topological polar surface area (TPSA) is 37.4 Å². The van der Waals surface area contributed by atoms with E-state index in [9.17, 15) is 22.8 Å². The third kappa shape index (κ3) is 3.64. The van der Waals surface area contributed by atoms with Gasteiger partial charge in [-0.05, 0) is 44.0 Å². The molecule has 2 amide bonds. The molecule has 0 aromatic heterocycles. The first kappa shape index (κ1) is 18.2. The van der Waals surface area contributed by atoms with E-state index in [1.54, 1.807) is 0 Å². The van der Waals surface area contributed by atoms with Crippen LogP contribution in [-0.4, -0.2) is 11.8 Å². The molecular formula is C20H18F3NO2. The number of anilines is 1. The van der Waals surface area contributed by atoms with Gasteiger partial charge < -0.3 is 0 Å². The van der Waals surface area contributed by atoms with Gasteiger partial charge in [-0.1, -0.05) is 35.4 Å². The Morgan fingerprint density at radius 1 is 1.04 bits per heavy atom. The zero-order valence-corrected chi connectivity index (χ0v) is 14.4. The average Bonchev–Trinajstić information content (AvgIpc) is 2.79. The second-order valence-electron chi connectivity index (χ2n) is 6.72. The molecule has 136 valence electrons. The van der Waals surface area contributed by atoms with Crippen LogP contribution in [0.1, 0.15) is 28.7 Å². The van der Waals surface area contributed by atoms with Gasteiger partial charge in [-0.25, -0.2) is 0 Å². The second-order valence-corrected chi connectivity index (χ2v) is 6.72. The van der Waals surface area contributed by atoms with Crippen LogP contribution in [-0.2, 0) is 22.2 Å². The van der Waals surface area contributed by atoms with Crippen molar-refractivity contribution >= 4 is 17.5 Å². The Morgan fingerprint density at radius 2 is 1.69 bits per heavy atom. The molecule has 3 rings (SSSR count). The van der Waals surface area contributed by atoms with Gasteiger partial charge in [0.05, 0.1) is 17.2 Å². The van der Waals surface area contributed by atoms with Crippen molar-refractivity contribution in [2.24, 2.45) is 5.92 Å². The zero-order chi connectivity index (χ0) is 19.1. The summed E-state index contributed by atoms with van der Waals surface area (Å²) in [4.78, 5) is 25.9. The smallest absolute Gasteiger partial charge is 0.274 e. The lowest BCUT2D eigenvalue weighted by Gasteiger charge is -2.17. The SMILES string of the molecule is Cc1cc(C)cc(C[C@H]2CC(=O)N(c3cccc(C(F)(F)F)c3)C2=O)c1. The maximum atomic E-state index is 12.9. The minimum absolute atomic E-state index is 0.00205. The number of hydrogen-bond acceptors (Lipinski definition) is 2. The number of imide groups is 1. The van der Waals surface area contributed by atoms with Gasteiger partial charge in [0, 0.05) is 6.42 Å². The van der Waals surface area contributed by atoms with E-state index in [2.05, 4.69) is 0 Å². The average molecular weight is 361 g/mol. The van der Waals surface area contributed by atoms with Crippen LogP contribution >= 0.6 is 0 Å². The lowest BCUT2D eigenvalue weighted by atomic mass is 9.95. The van der Waals surface area contributed by atoms with Crippen molar-refractivity contribution < 1.29 is 22.8 Å². The first-order valence-electron chi connectivity index (χ1n) is 8.26. The Bertz CT molecular complexity index is 853. The largest absolute Gasteiger partial charge is 0.416 e. The molecule has 0 spiro atoms. The van der Waals surface area contributed by atoms with Crippen molar-refractivity contribution in [3.05, 3.63) is 64.7 Å². The number of carbonyl (C=O) groups is 2. The summed E-state index contributed by atoms with van der Waals surface area (Å²) in [6, 6.07) is 10.2. The maximum Gasteiger partial charge on any atom is 0.416 e. The van der Waals surface area contributed by atoms with Crippen LogP contribution < -0.4 is 4.90 Å². The van der Waals surface area contributed by atoms with Crippen LogP contribution in [0.3, 0.4) is 0 Å². The van der Waals surface area contributed by atoms with Crippen LogP contribution in [0, 0.1) is 19.8 Å². The van der Waals surface area contributed by atoms with Crippen molar-refractivity contribution in [3.8, 4) is 0 Å². The second kappa shape index (κ2) is 6.59. The quantitative estimate of drug-likeness (QED) is 0.758. The highest BCUT2D eigenvalue weighted by atomic mass is 19.4. The van der Waals surface area contributed by atoms with Crippen molar-refractivity contribution in [3.63, 3.8) is 0 Å². The molecule has 1 aliphatic rings. The molecule has 2 aromatic rings. The first-order valence-corrected chi connectivity index (χ1v) is 8.26. The van der Waals surface area contributed by atoms with E-state index in [1.165, 1.54) is 12.1 Å². The molecule has 26 heavy (non-hydrogen) atoms. The predicted molar refractivity (Wildman–Crippen MR) is 91.7 cm³/mol. The van der Waals surface area contributed by atoms with Crippen molar-refractivity contribution in [1.29, 1.82) is 0 Å². The van der Waals surface area contributed by atoms with Crippen LogP contribution in [0.15, 0.2) is 42.5 Å². The summed E-state index contributed by atoms with van der Waals surface area (Å²) in [5.74, 6) is -1.48. The molecule has 0 aliphatic carbocycles. The third-order valence-corrected chi connectivity index (χ3v) is 4.44. The van der Waals surface area contributed by atoms with E-state index in [-0.39, 0.29) is 12.1 Å². The van der Waals surface area contributed by atoms with Crippen LogP contribution in [0.2, 0.25) is 0 Å². The van der Waals surface area contributed by atoms with E-state index >= 15 is 0 Å². The number of amides is 2. The molecule has 1 aliphatic heterocycles. The normalized spacial score (nSPS) is 17.9. The van der Waals surface area contributed by atoms with Crippen molar-refractivity contribution in [2.75, 3.05) is 4.90 Å². The number of carbonyl (C=O) groups excluding carboxylic acids is 2. The van der Waals surface area contributed by atoms with Crippen LogP contribution in [0.4, 0.5) is 18.9 Å². The third-order valence-electron chi connectivity index (χ3n) is 4.44. The molecular weight excluding hydrogens is 343 g/mol. The molecule has 0 N–H and O–H groups in total. The summed E-state index contributed by atoms with van der Waals surface area (Å²) in [6.45, 7) is 3.90. The molecule has 1 heterocycles. The standard InChI is InChI=1S/C20H18F3NO2/c1-12-6-13(2)8-14(7-12)9-15-10-18(25)24(19(15)26)17-5-3-4-16(11-17)20(21,22)23/h3-8,11,15H,9-10H2,1-2H3/t15-/m0/s1. The summed E-state index contributed by atoms with van der Waals surface area (Å²) >= 11 is 0. The molecule has 6 heteroatoms. The lowest BCUT2D eigenvalue weighted by Crippen LogP contribution is -2.31. The fourth-order valence-electron chi connectivity index (χ4n) is 3.42. The summed E-state index contributed by atoms with van der Waals surface area (Å²) < 4.78 is 38.7. The van der Waals surface area contributed by atoms with Gasteiger partial charge in [-0.15, -0.1) is 0 Å². The van der Waals surface area contributed by atoms with Crippen LogP contribution in [0.5, 0.6) is 0 Å². The minimum Gasteiger partial charge on any atom is -0.274 e. The highest BCUT2D eigenvalue weighted by molar-refractivity contribution is 6.21. The molecule has 0 radical (unpaired) electrons. The molecule has 0 bridgehead atoms. The number of rotatable bonds is 3. The maximum absolute atomic E-state index is 12.9. The molecule has 0 saturated carbocycles. The summed E-state index contributed by atoms with van der Waals surface area (Å²) in [6.07, 6.45) is -4.13. The Balaban J connectivity index is 1.85. The van der Waals surface area contributed by atoms with Gasteiger partial charge in [0.2, 0.25) is 11.8 Å². The van der Waals surface area contributed by atoms with E-state index in [0.717, 1.165) is 33.7 Å². The fraction of sp³-hybridized carbons (Fsp3) is 0.300. The molecule has 0 unspecified atom stereocenters. The number of hydrogen-bond donors (Lipinski definition) is 0. The molecule has 3 nitrogen and oxygen atoms in total. The van der Waals surface area contributed by atoms with Gasteiger partial charge in [-0.3, -0.25) is 14.5 Å². The zero-order valence-electron chi connectivity index (χ0n) is 14.4. The van der Waals surface area contributed by atoms with Crippen molar-refractivity contribution in [1.82, 2.24) is 0 Å². The number of benzene rings is 2. The molecule has 1 saturated heterocycles. The fourth-order valence-corrected chi connectivity index (χ4v) is 3.42. The lowest BCUT2D eigenvalue weighted by molar-refractivity contribution is -0.137.